The molecule has 138 valence electrons. The highest BCUT2D eigenvalue weighted by Crippen LogP contribution is 2.27. The molecule has 2 aromatic heterocycles. The van der Waals surface area contributed by atoms with Crippen LogP contribution in [0.4, 0.5) is 5.69 Å². The van der Waals surface area contributed by atoms with Crippen LogP contribution in [0.2, 0.25) is 0 Å². The minimum atomic E-state index is -0.0788. The molecule has 0 spiro atoms. The number of nitrogens with one attached hydrogen (secondary N) is 2. The van der Waals surface area contributed by atoms with Crippen molar-refractivity contribution in [2.24, 2.45) is 12.0 Å². The number of aliphatic imine (C=N–C) groups is 1. The van der Waals surface area contributed by atoms with E-state index in [9.17, 15) is 4.79 Å². The van der Waals surface area contributed by atoms with Gasteiger partial charge in [0.05, 0.1) is 29.0 Å². The van der Waals surface area contributed by atoms with Gasteiger partial charge in [0.25, 0.3) is 0 Å². The standard InChI is InChI=1S/C17H18N6O.2ClH/c1-11(24)23(17-18-7-8-19-17)12-9-15(22(2)10-12)16-20-13-5-3-4-6-14(13)21-16;;/h3-6,9-10H,7-8H2,1-2H3,(H,18,19)(H,20,21);2*1H. The summed E-state index contributed by atoms with van der Waals surface area (Å²) < 4.78 is 1.96. The first-order chi connectivity index (χ1) is 11.6. The number of halogens is 2. The Labute approximate surface area is 163 Å². The summed E-state index contributed by atoms with van der Waals surface area (Å²) in [5, 5.41) is 3.15. The van der Waals surface area contributed by atoms with Gasteiger partial charge in [-0.15, -0.1) is 24.8 Å². The molecule has 3 aromatic rings. The normalized spacial score (nSPS) is 12.8. The van der Waals surface area contributed by atoms with Crippen LogP contribution in [0, 0.1) is 0 Å². The molecule has 0 bridgehead atoms. The number of para-hydroxylation sites is 2. The topological polar surface area (TPSA) is 78.3 Å². The summed E-state index contributed by atoms with van der Waals surface area (Å²) in [5.41, 5.74) is 3.58. The first-order valence-corrected chi connectivity index (χ1v) is 7.84. The fourth-order valence-electron chi connectivity index (χ4n) is 2.97. The predicted octanol–water partition coefficient (Wildman–Crippen LogP) is 2.72. The maximum atomic E-state index is 12.1. The number of aromatic nitrogens is 3. The number of aromatic amines is 1. The first kappa shape index (κ1) is 19.8. The van der Waals surface area contributed by atoms with Crippen molar-refractivity contribution in [2.75, 3.05) is 18.0 Å². The van der Waals surface area contributed by atoms with Crippen LogP contribution in [0.15, 0.2) is 41.5 Å². The van der Waals surface area contributed by atoms with Crippen molar-refractivity contribution in [1.29, 1.82) is 0 Å². The summed E-state index contributed by atoms with van der Waals surface area (Å²) in [6, 6.07) is 9.85. The quantitative estimate of drug-likeness (QED) is 0.701. The van der Waals surface area contributed by atoms with Crippen LogP contribution in [-0.4, -0.2) is 39.5 Å². The van der Waals surface area contributed by atoms with Crippen LogP contribution in [0.3, 0.4) is 0 Å². The Balaban J connectivity index is 0.00000121. The number of aryl methyl sites for hydroxylation is 1. The van der Waals surface area contributed by atoms with Crippen molar-refractivity contribution in [1.82, 2.24) is 19.9 Å². The molecule has 0 radical (unpaired) electrons. The van der Waals surface area contributed by atoms with Gasteiger partial charge in [0.2, 0.25) is 11.9 Å². The van der Waals surface area contributed by atoms with E-state index < -0.39 is 0 Å². The molecule has 7 nitrogen and oxygen atoms in total. The molecular formula is C17H20Cl2N6O. The lowest BCUT2D eigenvalue weighted by atomic mass is 10.3. The molecule has 1 aliphatic heterocycles. The zero-order chi connectivity index (χ0) is 16.7. The van der Waals surface area contributed by atoms with Crippen LogP contribution in [-0.2, 0) is 11.8 Å². The van der Waals surface area contributed by atoms with E-state index in [1.165, 1.54) is 6.92 Å². The maximum absolute atomic E-state index is 12.1. The summed E-state index contributed by atoms with van der Waals surface area (Å²) in [6.07, 6.45) is 1.91. The van der Waals surface area contributed by atoms with Crippen molar-refractivity contribution in [3.63, 3.8) is 0 Å². The summed E-state index contributed by atoms with van der Waals surface area (Å²) >= 11 is 0. The molecule has 3 heterocycles. The molecule has 26 heavy (non-hydrogen) atoms. The van der Waals surface area contributed by atoms with Crippen molar-refractivity contribution >= 4 is 53.4 Å². The van der Waals surface area contributed by atoms with Crippen molar-refractivity contribution in [2.45, 2.75) is 6.92 Å². The molecule has 0 saturated heterocycles. The van der Waals surface area contributed by atoms with E-state index in [0.29, 0.717) is 12.5 Å². The fourth-order valence-corrected chi connectivity index (χ4v) is 2.97. The summed E-state index contributed by atoms with van der Waals surface area (Å²) in [5.74, 6) is 1.30. The number of guanidine groups is 1. The molecule has 0 aliphatic carbocycles. The number of rotatable bonds is 2. The average molecular weight is 395 g/mol. The molecule has 0 atom stereocenters. The zero-order valence-corrected chi connectivity index (χ0v) is 16.0. The summed E-state index contributed by atoms with van der Waals surface area (Å²) in [4.78, 5) is 26.0. The third kappa shape index (κ3) is 3.40. The van der Waals surface area contributed by atoms with E-state index in [1.54, 1.807) is 4.90 Å². The summed E-state index contributed by atoms with van der Waals surface area (Å²) in [6.45, 7) is 2.97. The highest BCUT2D eigenvalue weighted by atomic mass is 35.5. The Kier molecular flexibility index (Phi) is 5.94. The van der Waals surface area contributed by atoms with Crippen molar-refractivity contribution in [3.05, 3.63) is 36.5 Å². The smallest absolute Gasteiger partial charge is 0.230 e. The number of H-pyrrole nitrogens is 1. The van der Waals surface area contributed by atoms with Gasteiger partial charge in [0.15, 0.2) is 5.82 Å². The Morgan fingerprint density at radius 2 is 2.04 bits per heavy atom. The molecule has 4 rings (SSSR count). The lowest BCUT2D eigenvalue weighted by molar-refractivity contribution is -0.115. The molecule has 1 amide bonds. The lowest BCUT2D eigenvalue weighted by Crippen LogP contribution is -2.41. The number of imidazole rings is 1. The summed E-state index contributed by atoms with van der Waals surface area (Å²) in [7, 11) is 1.94. The average Bonchev–Trinajstić information content (AvgIpc) is 3.26. The first-order valence-electron chi connectivity index (χ1n) is 7.84. The lowest BCUT2D eigenvalue weighted by Gasteiger charge is -2.19. The Morgan fingerprint density at radius 1 is 1.27 bits per heavy atom. The van der Waals surface area contributed by atoms with E-state index in [4.69, 9.17) is 0 Å². The third-order valence-electron chi connectivity index (χ3n) is 4.06. The van der Waals surface area contributed by atoms with E-state index >= 15 is 0 Å². The predicted molar refractivity (Wildman–Crippen MR) is 108 cm³/mol. The number of hydrogen-bond donors (Lipinski definition) is 2. The van der Waals surface area contributed by atoms with Gasteiger partial charge in [0, 0.05) is 26.7 Å². The second-order valence-electron chi connectivity index (χ2n) is 5.78. The second kappa shape index (κ2) is 7.80. The number of amides is 1. The number of fused-ring (bicyclic) bond motifs is 1. The van der Waals surface area contributed by atoms with Gasteiger partial charge in [0.1, 0.15) is 0 Å². The van der Waals surface area contributed by atoms with Gasteiger partial charge in [-0.3, -0.25) is 9.79 Å². The monoisotopic (exact) mass is 394 g/mol. The Bertz CT molecular complexity index is 928. The minimum absolute atomic E-state index is 0. The van der Waals surface area contributed by atoms with Gasteiger partial charge in [-0.2, -0.15) is 0 Å². The Morgan fingerprint density at radius 3 is 2.69 bits per heavy atom. The Hall–Kier alpha value is -2.51. The van der Waals surface area contributed by atoms with Gasteiger partial charge >= 0.3 is 0 Å². The molecule has 9 heteroatoms. The maximum Gasteiger partial charge on any atom is 0.230 e. The van der Waals surface area contributed by atoms with Gasteiger partial charge in [-0.1, -0.05) is 12.1 Å². The molecule has 1 aliphatic rings. The second-order valence-corrected chi connectivity index (χ2v) is 5.78. The number of hydrogen-bond acceptors (Lipinski definition) is 4. The molecule has 0 fully saturated rings. The van der Waals surface area contributed by atoms with Crippen LogP contribution >= 0.6 is 24.8 Å². The van der Waals surface area contributed by atoms with Crippen LogP contribution in [0.5, 0.6) is 0 Å². The highest BCUT2D eigenvalue weighted by molar-refractivity contribution is 6.16. The molecule has 1 aromatic carbocycles. The van der Waals surface area contributed by atoms with Crippen LogP contribution in [0.25, 0.3) is 22.6 Å². The third-order valence-corrected chi connectivity index (χ3v) is 4.06. The van der Waals surface area contributed by atoms with E-state index in [1.807, 2.05) is 48.1 Å². The molecule has 0 saturated carbocycles. The van der Waals surface area contributed by atoms with E-state index in [0.717, 1.165) is 34.8 Å². The number of anilines is 1. The van der Waals surface area contributed by atoms with Crippen molar-refractivity contribution < 1.29 is 4.79 Å². The molecule has 2 N–H and O–H groups in total. The number of nitrogens with zero attached hydrogens (tertiary/aromatic N) is 4. The largest absolute Gasteiger partial charge is 0.354 e. The van der Waals surface area contributed by atoms with E-state index in [-0.39, 0.29) is 30.7 Å². The van der Waals surface area contributed by atoms with Gasteiger partial charge in [-0.05, 0) is 18.2 Å². The highest BCUT2D eigenvalue weighted by Gasteiger charge is 2.23. The zero-order valence-electron chi connectivity index (χ0n) is 14.4. The number of carbonyl (C=O) groups excluding carboxylic acids is 1. The molecule has 0 unspecified atom stereocenters. The van der Waals surface area contributed by atoms with Gasteiger partial charge in [-0.25, -0.2) is 9.88 Å². The van der Waals surface area contributed by atoms with E-state index in [2.05, 4.69) is 20.3 Å². The fraction of sp³-hybridized carbons (Fsp3) is 0.235. The van der Waals surface area contributed by atoms with Crippen LogP contribution in [0.1, 0.15) is 6.92 Å². The SMILES string of the molecule is CC(=O)N(C1=NCCN1)c1cc(-c2nc3ccccc3[nH]2)n(C)c1.Cl.Cl. The molecular weight excluding hydrogens is 375 g/mol. The minimum Gasteiger partial charge on any atom is -0.354 e. The van der Waals surface area contributed by atoms with Crippen molar-refractivity contribution in [3.8, 4) is 11.5 Å². The number of benzene rings is 1. The van der Waals surface area contributed by atoms with Gasteiger partial charge < -0.3 is 14.9 Å². The number of carbonyl (C=O) groups is 1. The van der Waals surface area contributed by atoms with Crippen LogP contribution < -0.4 is 10.2 Å².